The highest BCUT2D eigenvalue weighted by atomic mass is 16.5. The number of benzene rings is 2. The summed E-state index contributed by atoms with van der Waals surface area (Å²) in [5.74, 6) is 1.06. The molecule has 0 unspecified atom stereocenters. The maximum absolute atomic E-state index is 13.1. The lowest BCUT2D eigenvalue weighted by Gasteiger charge is -2.41. The van der Waals surface area contributed by atoms with E-state index < -0.39 is 0 Å². The first-order chi connectivity index (χ1) is 13.7. The van der Waals surface area contributed by atoms with Crippen molar-refractivity contribution in [1.29, 1.82) is 0 Å². The van der Waals surface area contributed by atoms with Crippen LogP contribution in [0.5, 0.6) is 5.75 Å². The maximum Gasteiger partial charge on any atom is 0.223 e. The van der Waals surface area contributed by atoms with Crippen molar-refractivity contribution < 1.29 is 9.53 Å². The smallest absolute Gasteiger partial charge is 0.223 e. The van der Waals surface area contributed by atoms with E-state index in [1.54, 1.807) is 0 Å². The Morgan fingerprint density at radius 2 is 1.82 bits per heavy atom. The molecule has 4 heteroatoms. The highest BCUT2D eigenvalue weighted by Gasteiger charge is 2.36. The van der Waals surface area contributed by atoms with Gasteiger partial charge in [0.2, 0.25) is 5.91 Å². The first-order valence-corrected chi connectivity index (χ1v) is 10.4. The van der Waals surface area contributed by atoms with Crippen LogP contribution in [-0.4, -0.2) is 44.1 Å². The molecule has 4 rings (SSSR count). The summed E-state index contributed by atoms with van der Waals surface area (Å²) < 4.78 is 5.84. The Bertz CT molecular complexity index is 797. The molecule has 2 aliphatic heterocycles. The number of amides is 1. The van der Waals surface area contributed by atoms with E-state index in [4.69, 9.17) is 4.74 Å². The quantitative estimate of drug-likeness (QED) is 0.887. The van der Waals surface area contributed by atoms with Gasteiger partial charge in [-0.15, -0.1) is 0 Å². The third-order valence-electron chi connectivity index (χ3n) is 6.46. The second kappa shape index (κ2) is 8.36. The first-order valence-electron chi connectivity index (χ1n) is 10.4. The van der Waals surface area contributed by atoms with Crippen LogP contribution < -0.4 is 10.1 Å². The topological polar surface area (TPSA) is 41.6 Å². The average molecular weight is 379 g/mol. The minimum Gasteiger partial charge on any atom is -0.493 e. The van der Waals surface area contributed by atoms with E-state index in [1.165, 1.54) is 5.56 Å². The van der Waals surface area contributed by atoms with E-state index in [9.17, 15) is 4.79 Å². The van der Waals surface area contributed by atoms with Gasteiger partial charge in [0, 0.05) is 17.9 Å². The molecule has 4 nitrogen and oxygen atoms in total. The molecule has 1 atom stereocenters. The number of rotatable bonds is 4. The largest absolute Gasteiger partial charge is 0.493 e. The minimum atomic E-state index is -0.0252. The van der Waals surface area contributed by atoms with Crippen LogP contribution in [0, 0.1) is 5.92 Å². The molecule has 0 saturated carbocycles. The first kappa shape index (κ1) is 19.0. The molecule has 2 heterocycles. The summed E-state index contributed by atoms with van der Waals surface area (Å²) in [6.07, 6.45) is 3.67. The lowest BCUT2D eigenvalue weighted by Crippen LogP contribution is -2.49. The fourth-order valence-electron chi connectivity index (χ4n) is 4.52. The van der Waals surface area contributed by atoms with Crippen LogP contribution in [0.15, 0.2) is 54.6 Å². The molecular weight excluding hydrogens is 348 g/mol. The molecule has 0 spiro atoms. The van der Waals surface area contributed by atoms with Crippen LogP contribution in [0.2, 0.25) is 0 Å². The predicted molar refractivity (Wildman–Crippen MR) is 112 cm³/mol. The number of carbonyl (C=O) groups is 1. The SMILES string of the molecule is CN1CCC(CNC(=O)[C@H]2CCOc3ccccc3C2)(c2ccccc2)CC1. The van der Waals surface area contributed by atoms with Crippen molar-refractivity contribution in [2.24, 2.45) is 5.92 Å². The number of fused-ring (bicyclic) bond motifs is 1. The van der Waals surface area contributed by atoms with Gasteiger partial charge in [0.25, 0.3) is 0 Å². The number of hydrogen-bond acceptors (Lipinski definition) is 3. The van der Waals surface area contributed by atoms with Gasteiger partial charge in [0.15, 0.2) is 0 Å². The van der Waals surface area contributed by atoms with Crippen molar-refractivity contribution in [3.63, 3.8) is 0 Å². The Balaban J connectivity index is 1.46. The van der Waals surface area contributed by atoms with Crippen LogP contribution in [0.1, 0.15) is 30.4 Å². The zero-order valence-electron chi connectivity index (χ0n) is 16.7. The van der Waals surface area contributed by atoms with E-state index in [-0.39, 0.29) is 17.2 Å². The van der Waals surface area contributed by atoms with Crippen molar-refractivity contribution in [2.75, 3.05) is 33.3 Å². The molecule has 1 N–H and O–H groups in total. The molecule has 2 aromatic rings. The zero-order valence-corrected chi connectivity index (χ0v) is 16.7. The zero-order chi connectivity index (χ0) is 19.4. The van der Waals surface area contributed by atoms with E-state index in [0.717, 1.165) is 50.1 Å². The standard InChI is InChI=1S/C24H30N2O2/c1-26-14-12-24(13-15-26,21-8-3-2-4-9-21)18-25-23(27)20-11-16-28-22-10-6-5-7-19(22)17-20/h2-10,20H,11-18H2,1H3,(H,25,27)/t20-/m0/s1. The monoisotopic (exact) mass is 378 g/mol. The van der Waals surface area contributed by atoms with E-state index in [2.05, 4.69) is 53.7 Å². The van der Waals surface area contributed by atoms with E-state index >= 15 is 0 Å². The van der Waals surface area contributed by atoms with Crippen molar-refractivity contribution in [3.05, 3.63) is 65.7 Å². The van der Waals surface area contributed by atoms with Crippen molar-refractivity contribution in [2.45, 2.75) is 31.1 Å². The molecule has 1 fully saturated rings. The predicted octanol–water partition coefficient (Wildman–Crippen LogP) is 3.41. The number of hydrogen-bond donors (Lipinski definition) is 1. The van der Waals surface area contributed by atoms with Gasteiger partial charge in [-0.1, -0.05) is 48.5 Å². The van der Waals surface area contributed by atoms with Gasteiger partial charge in [0.05, 0.1) is 6.61 Å². The second-order valence-corrected chi connectivity index (χ2v) is 8.31. The van der Waals surface area contributed by atoms with E-state index in [0.29, 0.717) is 13.2 Å². The molecule has 1 amide bonds. The van der Waals surface area contributed by atoms with Crippen LogP contribution in [0.4, 0.5) is 0 Å². The molecule has 0 bridgehead atoms. The minimum absolute atomic E-state index is 0.0252. The number of para-hydroxylation sites is 1. The molecule has 0 aromatic heterocycles. The number of likely N-dealkylation sites (tertiary alicyclic amines) is 1. The Labute approximate surface area is 167 Å². The number of ether oxygens (including phenoxy) is 1. The number of nitrogens with zero attached hydrogens (tertiary/aromatic N) is 1. The Morgan fingerprint density at radius 1 is 1.11 bits per heavy atom. The van der Waals surface area contributed by atoms with Crippen LogP contribution >= 0.6 is 0 Å². The van der Waals surface area contributed by atoms with Crippen LogP contribution in [0.25, 0.3) is 0 Å². The third kappa shape index (κ3) is 4.07. The molecule has 1 saturated heterocycles. The summed E-state index contributed by atoms with van der Waals surface area (Å²) in [4.78, 5) is 15.4. The van der Waals surface area contributed by atoms with Gasteiger partial charge in [-0.2, -0.15) is 0 Å². The normalized spacial score (nSPS) is 21.8. The molecular formula is C24H30N2O2. The lowest BCUT2D eigenvalue weighted by molar-refractivity contribution is -0.125. The Morgan fingerprint density at radius 3 is 2.61 bits per heavy atom. The molecule has 148 valence electrons. The second-order valence-electron chi connectivity index (χ2n) is 8.31. The fourth-order valence-corrected chi connectivity index (χ4v) is 4.52. The van der Waals surface area contributed by atoms with E-state index in [1.807, 2.05) is 18.2 Å². The molecule has 28 heavy (non-hydrogen) atoms. The number of nitrogens with one attached hydrogen (secondary N) is 1. The van der Waals surface area contributed by atoms with Gasteiger partial charge in [0.1, 0.15) is 5.75 Å². The average Bonchev–Trinajstić information content (AvgIpc) is 2.97. The Kier molecular flexibility index (Phi) is 5.67. The number of carbonyl (C=O) groups excluding carboxylic acids is 1. The van der Waals surface area contributed by atoms with Gasteiger partial charge in [-0.3, -0.25) is 4.79 Å². The lowest BCUT2D eigenvalue weighted by atomic mass is 9.72. The van der Waals surface area contributed by atoms with Gasteiger partial charge >= 0.3 is 0 Å². The summed E-state index contributed by atoms with van der Waals surface area (Å²) in [6.45, 7) is 3.44. The molecule has 0 aliphatic carbocycles. The molecule has 0 radical (unpaired) electrons. The summed E-state index contributed by atoms with van der Waals surface area (Å²) in [7, 11) is 2.18. The van der Waals surface area contributed by atoms with Gasteiger partial charge in [-0.05, 0) is 63.0 Å². The summed E-state index contributed by atoms with van der Waals surface area (Å²) in [6, 6.07) is 18.8. The van der Waals surface area contributed by atoms with Gasteiger partial charge in [-0.25, -0.2) is 0 Å². The summed E-state index contributed by atoms with van der Waals surface area (Å²) in [5.41, 5.74) is 2.51. The maximum atomic E-state index is 13.1. The number of piperidine rings is 1. The Hall–Kier alpha value is -2.33. The van der Waals surface area contributed by atoms with Crippen molar-refractivity contribution >= 4 is 5.91 Å². The summed E-state index contributed by atoms with van der Waals surface area (Å²) in [5, 5.41) is 3.32. The van der Waals surface area contributed by atoms with Crippen molar-refractivity contribution in [3.8, 4) is 5.75 Å². The van der Waals surface area contributed by atoms with Crippen molar-refractivity contribution in [1.82, 2.24) is 10.2 Å². The fraction of sp³-hybridized carbons (Fsp3) is 0.458. The highest BCUT2D eigenvalue weighted by Crippen LogP contribution is 2.35. The van der Waals surface area contributed by atoms with Crippen LogP contribution in [-0.2, 0) is 16.6 Å². The van der Waals surface area contributed by atoms with Gasteiger partial charge < -0.3 is 15.0 Å². The third-order valence-corrected chi connectivity index (χ3v) is 6.46. The van der Waals surface area contributed by atoms with Crippen LogP contribution in [0.3, 0.4) is 0 Å². The molecule has 2 aromatic carbocycles. The highest BCUT2D eigenvalue weighted by molar-refractivity contribution is 5.79. The molecule has 2 aliphatic rings. The summed E-state index contributed by atoms with van der Waals surface area (Å²) >= 11 is 0.